The molecule has 2 N–H and O–H groups in total. The van der Waals surface area contributed by atoms with Crippen molar-refractivity contribution < 1.29 is 9.90 Å². The molecule has 1 saturated carbocycles. The van der Waals surface area contributed by atoms with Crippen LogP contribution in [0.25, 0.3) is 0 Å². The number of nitrogens with one attached hydrogen (secondary N) is 1. The molecule has 5 nitrogen and oxygen atoms in total. The van der Waals surface area contributed by atoms with Gasteiger partial charge in [-0.2, -0.15) is 0 Å². The fourth-order valence-electron chi connectivity index (χ4n) is 1.99. The first-order valence-corrected chi connectivity index (χ1v) is 5.49. The maximum Gasteiger partial charge on any atom is 0.271 e. The van der Waals surface area contributed by atoms with Gasteiger partial charge in [-0.1, -0.05) is 6.42 Å². The van der Waals surface area contributed by atoms with Gasteiger partial charge in [0.2, 0.25) is 0 Å². The fourth-order valence-corrected chi connectivity index (χ4v) is 1.99. The van der Waals surface area contributed by atoms with Crippen LogP contribution in [-0.2, 0) is 0 Å². The summed E-state index contributed by atoms with van der Waals surface area (Å²) in [5.74, 6) is -0.0483. The van der Waals surface area contributed by atoms with Crippen LogP contribution < -0.4 is 5.32 Å². The molecule has 1 aromatic heterocycles. The highest BCUT2D eigenvalue weighted by molar-refractivity contribution is 5.91. The highest BCUT2D eigenvalue weighted by atomic mass is 16.3. The van der Waals surface area contributed by atoms with Gasteiger partial charge in [0, 0.05) is 24.9 Å². The molecule has 16 heavy (non-hydrogen) atoms. The number of rotatable bonds is 3. The number of aliphatic hydroxyl groups excluding tert-OH is 1. The maximum atomic E-state index is 11.6. The molecule has 1 aliphatic rings. The van der Waals surface area contributed by atoms with Gasteiger partial charge in [-0.15, -0.1) is 0 Å². The minimum atomic E-state index is -0.276. The quantitative estimate of drug-likeness (QED) is 0.773. The molecule has 0 radical (unpaired) electrons. The molecule has 0 aliphatic heterocycles. The molecule has 2 unspecified atom stereocenters. The van der Waals surface area contributed by atoms with Crippen LogP contribution in [0.15, 0.2) is 18.6 Å². The molecule has 0 spiro atoms. The standard InChI is InChI=1S/C11H15N3O2/c15-10-3-1-2-8(10)6-14-11(16)9-7-12-4-5-13-9/h4-5,7-8,10,15H,1-3,6H2,(H,14,16). The van der Waals surface area contributed by atoms with Crippen molar-refractivity contribution in [2.24, 2.45) is 5.92 Å². The monoisotopic (exact) mass is 221 g/mol. The second kappa shape index (κ2) is 5.03. The molecule has 1 amide bonds. The van der Waals surface area contributed by atoms with Gasteiger partial charge in [0.05, 0.1) is 12.3 Å². The summed E-state index contributed by atoms with van der Waals surface area (Å²) in [6.07, 6.45) is 7.01. The third-order valence-electron chi connectivity index (χ3n) is 2.94. The first kappa shape index (κ1) is 11.0. The van der Waals surface area contributed by atoms with E-state index in [1.165, 1.54) is 18.6 Å². The lowest BCUT2D eigenvalue weighted by molar-refractivity contribution is 0.0911. The number of hydrogen-bond donors (Lipinski definition) is 2. The van der Waals surface area contributed by atoms with Gasteiger partial charge >= 0.3 is 0 Å². The summed E-state index contributed by atoms with van der Waals surface area (Å²) in [4.78, 5) is 19.3. The van der Waals surface area contributed by atoms with Crippen molar-refractivity contribution in [1.29, 1.82) is 0 Å². The van der Waals surface area contributed by atoms with Gasteiger partial charge in [-0.05, 0) is 12.8 Å². The van der Waals surface area contributed by atoms with Crippen LogP contribution in [0.1, 0.15) is 29.8 Å². The third-order valence-corrected chi connectivity index (χ3v) is 2.94. The van der Waals surface area contributed by atoms with E-state index in [2.05, 4.69) is 15.3 Å². The Labute approximate surface area is 93.9 Å². The average Bonchev–Trinajstić information content (AvgIpc) is 2.73. The van der Waals surface area contributed by atoms with E-state index in [0.717, 1.165) is 19.3 Å². The Bertz CT molecular complexity index is 356. The molecule has 0 bridgehead atoms. The Morgan fingerprint density at radius 2 is 2.38 bits per heavy atom. The minimum absolute atomic E-state index is 0.181. The largest absolute Gasteiger partial charge is 0.393 e. The number of amides is 1. The zero-order valence-corrected chi connectivity index (χ0v) is 8.97. The molecular formula is C11H15N3O2. The zero-order chi connectivity index (χ0) is 11.4. The minimum Gasteiger partial charge on any atom is -0.393 e. The van der Waals surface area contributed by atoms with Crippen molar-refractivity contribution in [2.75, 3.05) is 6.54 Å². The van der Waals surface area contributed by atoms with Gasteiger partial charge in [-0.25, -0.2) is 4.98 Å². The third kappa shape index (κ3) is 2.55. The van der Waals surface area contributed by atoms with Gasteiger partial charge in [-0.3, -0.25) is 9.78 Å². The van der Waals surface area contributed by atoms with Gasteiger partial charge in [0.1, 0.15) is 5.69 Å². The molecule has 86 valence electrons. The predicted octanol–water partition coefficient (Wildman–Crippen LogP) is 0.367. The fraction of sp³-hybridized carbons (Fsp3) is 0.545. The molecule has 5 heteroatoms. The van der Waals surface area contributed by atoms with E-state index in [4.69, 9.17) is 0 Å². The zero-order valence-electron chi connectivity index (χ0n) is 8.97. The highest BCUT2D eigenvalue weighted by Gasteiger charge is 2.25. The predicted molar refractivity (Wildman–Crippen MR) is 57.7 cm³/mol. The van der Waals surface area contributed by atoms with Crippen molar-refractivity contribution >= 4 is 5.91 Å². The molecule has 0 saturated heterocycles. The summed E-state index contributed by atoms with van der Waals surface area (Å²) in [7, 11) is 0. The molecular weight excluding hydrogens is 206 g/mol. The summed E-state index contributed by atoms with van der Waals surface area (Å²) in [5.41, 5.74) is 0.315. The molecule has 0 aromatic carbocycles. The molecule has 1 aromatic rings. The Morgan fingerprint density at radius 3 is 3.00 bits per heavy atom. The van der Waals surface area contributed by atoms with E-state index in [-0.39, 0.29) is 17.9 Å². The summed E-state index contributed by atoms with van der Waals surface area (Å²) < 4.78 is 0. The van der Waals surface area contributed by atoms with Crippen LogP contribution in [0.4, 0.5) is 0 Å². The van der Waals surface area contributed by atoms with Gasteiger partial charge < -0.3 is 10.4 Å². The van der Waals surface area contributed by atoms with Crippen LogP contribution >= 0.6 is 0 Å². The van der Waals surface area contributed by atoms with Crippen molar-refractivity contribution in [3.63, 3.8) is 0 Å². The summed E-state index contributed by atoms with van der Waals surface area (Å²) in [6.45, 7) is 0.510. The Balaban J connectivity index is 1.84. The van der Waals surface area contributed by atoms with E-state index in [9.17, 15) is 9.90 Å². The van der Waals surface area contributed by atoms with Crippen molar-refractivity contribution in [1.82, 2.24) is 15.3 Å². The maximum absolute atomic E-state index is 11.6. The molecule has 1 fully saturated rings. The number of aliphatic hydroxyl groups is 1. The molecule has 2 atom stereocenters. The van der Waals surface area contributed by atoms with Crippen LogP contribution in [0.3, 0.4) is 0 Å². The van der Waals surface area contributed by atoms with Crippen LogP contribution in [0, 0.1) is 5.92 Å². The number of aromatic nitrogens is 2. The van der Waals surface area contributed by atoms with Crippen molar-refractivity contribution in [3.05, 3.63) is 24.3 Å². The first-order chi connectivity index (χ1) is 7.77. The van der Waals surface area contributed by atoms with E-state index < -0.39 is 0 Å². The van der Waals surface area contributed by atoms with E-state index in [0.29, 0.717) is 12.2 Å². The second-order valence-corrected chi connectivity index (χ2v) is 4.06. The Kier molecular flexibility index (Phi) is 3.46. The van der Waals surface area contributed by atoms with Crippen LogP contribution in [-0.4, -0.2) is 33.6 Å². The highest BCUT2D eigenvalue weighted by Crippen LogP contribution is 2.24. The number of hydrogen-bond acceptors (Lipinski definition) is 4. The first-order valence-electron chi connectivity index (χ1n) is 5.49. The number of carbonyl (C=O) groups is 1. The molecule has 2 rings (SSSR count). The van der Waals surface area contributed by atoms with Crippen LogP contribution in [0.5, 0.6) is 0 Å². The normalized spacial score (nSPS) is 24.3. The van der Waals surface area contributed by atoms with E-state index in [1.54, 1.807) is 0 Å². The Morgan fingerprint density at radius 1 is 1.50 bits per heavy atom. The smallest absolute Gasteiger partial charge is 0.271 e. The van der Waals surface area contributed by atoms with Gasteiger partial charge in [0.15, 0.2) is 0 Å². The molecule has 1 heterocycles. The second-order valence-electron chi connectivity index (χ2n) is 4.06. The summed E-state index contributed by atoms with van der Waals surface area (Å²) >= 11 is 0. The lowest BCUT2D eigenvalue weighted by Crippen LogP contribution is -2.32. The lowest BCUT2D eigenvalue weighted by Gasteiger charge is -2.14. The van der Waals surface area contributed by atoms with Crippen LogP contribution in [0.2, 0.25) is 0 Å². The van der Waals surface area contributed by atoms with Gasteiger partial charge in [0.25, 0.3) is 5.91 Å². The van der Waals surface area contributed by atoms with E-state index in [1.807, 2.05) is 0 Å². The topological polar surface area (TPSA) is 75.1 Å². The van der Waals surface area contributed by atoms with Crippen molar-refractivity contribution in [3.8, 4) is 0 Å². The SMILES string of the molecule is O=C(NCC1CCCC1O)c1cnccn1. The number of nitrogens with zero attached hydrogens (tertiary/aromatic N) is 2. The Hall–Kier alpha value is -1.49. The number of carbonyl (C=O) groups excluding carboxylic acids is 1. The average molecular weight is 221 g/mol. The summed E-state index contributed by atoms with van der Waals surface area (Å²) in [5, 5.41) is 12.4. The van der Waals surface area contributed by atoms with Crippen molar-refractivity contribution in [2.45, 2.75) is 25.4 Å². The molecule has 1 aliphatic carbocycles. The lowest BCUT2D eigenvalue weighted by atomic mass is 10.1. The summed E-state index contributed by atoms with van der Waals surface area (Å²) in [6, 6.07) is 0. The van der Waals surface area contributed by atoms with E-state index >= 15 is 0 Å².